The van der Waals surface area contributed by atoms with Gasteiger partial charge in [-0.05, 0) is 6.92 Å². The third kappa shape index (κ3) is 4.75. The number of thiol groups is 1. The summed E-state index contributed by atoms with van der Waals surface area (Å²) < 4.78 is 0.194. The van der Waals surface area contributed by atoms with E-state index in [9.17, 15) is 5.11 Å². The number of aryl methyl sites for hydroxylation is 1. The second-order valence-electron chi connectivity index (χ2n) is 2.85. The lowest BCUT2D eigenvalue weighted by Gasteiger charge is -2.07. The highest BCUT2D eigenvalue weighted by Gasteiger charge is 2.09. The van der Waals surface area contributed by atoms with Gasteiger partial charge in [-0.3, -0.25) is 4.98 Å². The van der Waals surface area contributed by atoms with E-state index < -0.39 is 0 Å². The van der Waals surface area contributed by atoms with Crippen molar-refractivity contribution in [1.29, 1.82) is 0 Å². The number of nitrogens with zero attached hydrogens (tertiary/aromatic N) is 1. The van der Waals surface area contributed by atoms with Crippen molar-refractivity contribution < 1.29 is 15.3 Å². The molecule has 0 amide bonds. The molecule has 0 saturated carbocycles. The summed E-state index contributed by atoms with van der Waals surface area (Å²) in [5.41, 5.74) is 5.97. The Bertz CT molecular complexity index is 368. The smallest absolute Gasteiger partial charge is 0.142 e. The van der Waals surface area contributed by atoms with Gasteiger partial charge in [-0.15, -0.1) is 12.6 Å². The van der Waals surface area contributed by atoms with Crippen LogP contribution in [-0.4, -0.2) is 24.6 Å². The second-order valence-corrected chi connectivity index (χ2v) is 4.07. The Morgan fingerprint density at radius 3 is 2.38 bits per heavy atom. The first-order valence-corrected chi connectivity index (χ1v) is 5.16. The van der Waals surface area contributed by atoms with E-state index in [1.54, 1.807) is 6.92 Å². The van der Waals surface area contributed by atoms with Gasteiger partial charge in [0.1, 0.15) is 10.1 Å². The van der Waals surface area contributed by atoms with Gasteiger partial charge in [0.05, 0.1) is 18.9 Å². The normalized spacial score (nSPS) is 9.25. The van der Waals surface area contributed by atoms with E-state index in [-0.39, 0.29) is 23.3 Å². The van der Waals surface area contributed by atoms with Crippen molar-refractivity contribution in [3.05, 3.63) is 23.0 Å². The minimum Gasteiger partial charge on any atom is -0.506 e. The lowest BCUT2D eigenvalue weighted by Crippen LogP contribution is -1.98. The van der Waals surface area contributed by atoms with Gasteiger partial charge in [-0.1, -0.05) is 12.2 Å². The SMILES string of the molecule is Cc1ncc(CO)c(CO)c1O.NC(=S)S. The van der Waals surface area contributed by atoms with Gasteiger partial charge in [0, 0.05) is 17.3 Å². The molecule has 0 fully saturated rings. The molecule has 0 bridgehead atoms. The monoisotopic (exact) mass is 262 g/mol. The summed E-state index contributed by atoms with van der Waals surface area (Å²) in [4.78, 5) is 3.84. The van der Waals surface area contributed by atoms with E-state index in [0.717, 1.165) is 0 Å². The van der Waals surface area contributed by atoms with Crippen molar-refractivity contribution in [3.63, 3.8) is 0 Å². The molecule has 90 valence electrons. The van der Waals surface area contributed by atoms with Crippen LogP contribution in [0.1, 0.15) is 16.8 Å². The predicted molar refractivity (Wildman–Crippen MR) is 68.3 cm³/mol. The highest BCUT2D eigenvalue weighted by Crippen LogP contribution is 2.23. The topological polar surface area (TPSA) is 99.6 Å². The van der Waals surface area contributed by atoms with Crippen molar-refractivity contribution in [2.75, 3.05) is 0 Å². The molecule has 0 unspecified atom stereocenters. The first-order valence-electron chi connectivity index (χ1n) is 4.30. The van der Waals surface area contributed by atoms with E-state index in [4.69, 9.17) is 15.9 Å². The fourth-order valence-electron chi connectivity index (χ4n) is 0.997. The molecule has 1 aromatic heterocycles. The summed E-state index contributed by atoms with van der Waals surface area (Å²) in [5.74, 6) is -0.0379. The van der Waals surface area contributed by atoms with Gasteiger partial charge in [0.2, 0.25) is 0 Å². The van der Waals surface area contributed by atoms with E-state index in [1.807, 2.05) is 0 Å². The van der Waals surface area contributed by atoms with Crippen molar-refractivity contribution in [3.8, 4) is 5.75 Å². The summed E-state index contributed by atoms with van der Waals surface area (Å²) in [6.07, 6.45) is 1.45. The number of pyridine rings is 1. The molecule has 1 rings (SSSR count). The second kappa shape index (κ2) is 7.39. The van der Waals surface area contributed by atoms with Gasteiger partial charge >= 0.3 is 0 Å². The lowest BCUT2D eigenvalue weighted by atomic mass is 10.1. The van der Waals surface area contributed by atoms with Crippen LogP contribution in [0.3, 0.4) is 0 Å². The molecule has 1 aromatic rings. The van der Waals surface area contributed by atoms with E-state index in [2.05, 4.69) is 29.8 Å². The molecule has 0 aliphatic heterocycles. The van der Waals surface area contributed by atoms with Crippen molar-refractivity contribution in [1.82, 2.24) is 4.98 Å². The Morgan fingerprint density at radius 1 is 1.50 bits per heavy atom. The van der Waals surface area contributed by atoms with Crippen LogP contribution in [0.4, 0.5) is 0 Å². The van der Waals surface area contributed by atoms with Gasteiger partial charge in [0.25, 0.3) is 0 Å². The molecule has 5 nitrogen and oxygen atoms in total. The Hall–Kier alpha value is -0.890. The number of hydrogen-bond donors (Lipinski definition) is 5. The van der Waals surface area contributed by atoms with Gasteiger partial charge in [-0.25, -0.2) is 0 Å². The summed E-state index contributed by atoms with van der Waals surface area (Å²) in [5, 5.41) is 27.0. The molecule has 0 spiro atoms. The molecule has 0 aliphatic carbocycles. The number of aromatic nitrogens is 1. The van der Waals surface area contributed by atoms with Crippen LogP contribution >= 0.6 is 24.8 Å². The summed E-state index contributed by atoms with van der Waals surface area (Å²) in [6.45, 7) is 1.12. The summed E-state index contributed by atoms with van der Waals surface area (Å²) in [6, 6.07) is 0. The zero-order chi connectivity index (χ0) is 12.7. The Morgan fingerprint density at radius 2 is 2.00 bits per heavy atom. The number of nitrogens with two attached hydrogens (primary N) is 1. The number of thiocarbonyl (C=S) groups is 1. The molecule has 1 heterocycles. The molecular weight excluding hydrogens is 248 g/mol. The number of hydrogen-bond acceptors (Lipinski definition) is 5. The minimum absolute atomic E-state index is 0.0379. The average molecular weight is 262 g/mol. The molecule has 0 aromatic carbocycles. The average Bonchev–Trinajstić information content (AvgIpc) is 2.21. The summed E-state index contributed by atoms with van der Waals surface area (Å²) in [7, 11) is 0. The van der Waals surface area contributed by atoms with Crippen LogP contribution in [0.5, 0.6) is 5.75 Å². The minimum atomic E-state index is -0.287. The zero-order valence-corrected chi connectivity index (χ0v) is 10.4. The van der Waals surface area contributed by atoms with E-state index in [1.165, 1.54) is 6.20 Å². The molecule has 5 N–H and O–H groups in total. The van der Waals surface area contributed by atoms with Crippen molar-refractivity contribution in [2.24, 2.45) is 5.73 Å². The maximum Gasteiger partial charge on any atom is 0.142 e. The van der Waals surface area contributed by atoms with Crippen LogP contribution in [0, 0.1) is 6.92 Å². The van der Waals surface area contributed by atoms with Crippen LogP contribution in [-0.2, 0) is 13.2 Å². The first-order chi connectivity index (χ1) is 7.43. The fourth-order valence-corrected chi connectivity index (χ4v) is 0.997. The van der Waals surface area contributed by atoms with Gasteiger partial charge in [-0.2, -0.15) is 0 Å². The highest BCUT2D eigenvalue weighted by molar-refractivity contribution is 8.10. The molecular formula is C9H14N2O3S2. The molecule has 16 heavy (non-hydrogen) atoms. The first kappa shape index (κ1) is 15.1. The quantitative estimate of drug-likeness (QED) is 0.387. The molecule has 7 heteroatoms. The zero-order valence-electron chi connectivity index (χ0n) is 8.71. The van der Waals surface area contributed by atoms with Gasteiger partial charge in [0.15, 0.2) is 0 Å². The van der Waals surface area contributed by atoms with Crippen LogP contribution in [0.2, 0.25) is 0 Å². The Labute approximate surface area is 104 Å². The van der Waals surface area contributed by atoms with Crippen LogP contribution in [0.25, 0.3) is 0 Å². The largest absolute Gasteiger partial charge is 0.506 e. The maximum atomic E-state index is 9.38. The van der Waals surface area contributed by atoms with Crippen molar-refractivity contribution in [2.45, 2.75) is 20.1 Å². The number of aromatic hydroxyl groups is 1. The third-order valence-electron chi connectivity index (χ3n) is 1.76. The molecule has 0 atom stereocenters. The van der Waals surface area contributed by atoms with Gasteiger partial charge < -0.3 is 21.1 Å². The van der Waals surface area contributed by atoms with E-state index >= 15 is 0 Å². The number of aliphatic hydroxyl groups is 2. The number of rotatable bonds is 2. The van der Waals surface area contributed by atoms with Crippen molar-refractivity contribution >= 4 is 29.2 Å². The predicted octanol–water partition coefficient (Wildman–Crippen LogP) is 0.240. The summed E-state index contributed by atoms with van der Waals surface area (Å²) >= 11 is 7.65. The van der Waals surface area contributed by atoms with Crippen LogP contribution in [0.15, 0.2) is 6.20 Å². The van der Waals surface area contributed by atoms with Crippen LogP contribution < -0.4 is 5.73 Å². The Balaban J connectivity index is 0.000000487. The standard InChI is InChI=1S/C8H11NO3.CH3NS2/c1-5-8(12)7(4-11)6(3-10)2-9-5;2-1(3)4/h2,10-12H,3-4H2,1H3;(H3,2,3,4). The maximum absolute atomic E-state index is 9.38. The molecule has 0 aliphatic rings. The fraction of sp³-hybridized carbons (Fsp3) is 0.333. The number of aliphatic hydroxyl groups excluding tert-OH is 2. The van der Waals surface area contributed by atoms with E-state index in [0.29, 0.717) is 16.8 Å². The lowest BCUT2D eigenvalue weighted by molar-refractivity contribution is 0.254. The third-order valence-corrected chi connectivity index (χ3v) is 1.76. The Kier molecular flexibility index (Phi) is 6.98. The highest BCUT2D eigenvalue weighted by atomic mass is 32.1. The molecule has 0 saturated heterocycles. The molecule has 0 radical (unpaired) electrons.